The van der Waals surface area contributed by atoms with Gasteiger partial charge in [0, 0.05) is 11.1 Å². The standard InChI is InChI=1S/C13H18ClNO/c1-8-6-11(8)13(15-2)10-5-4-9(16-3)7-12(10)14/h4-5,7-8,11,13,15H,6H2,1-3H3. The van der Waals surface area contributed by atoms with Crippen LogP contribution in [0, 0.1) is 11.8 Å². The fraction of sp³-hybridized carbons (Fsp3) is 0.538. The Hall–Kier alpha value is -0.730. The van der Waals surface area contributed by atoms with E-state index in [1.54, 1.807) is 7.11 Å². The molecular formula is C13H18ClNO. The van der Waals surface area contributed by atoms with Gasteiger partial charge in [0.2, 0.25) is 0 Å². The smallest absolute Gasteiger partial charge is 0.120 e. The third-order valence-electron chi connectivity index (χ3n) is 3.45. The molecule has 0 saturated heterocycles. The van der Waals surface area contributed by atoms with Gasteiger partial charge in [-0.05, 0) is 43.0 Å². The fourth-order valence-corrected chi connectivity index (χ4v) is 2.59. The van der Waals surface area contributed by atoms with Gasteiger partial charge < -0.3 is 10.1 Å². The molecule has 0 aromatic heterocycles. The maximum atomic E-state index is 6.28. The first-order chi connectivity index (χ1) is 7.67. The molecule has 1 fully saturated rings. The third-order valence-corrected chi connectivity index (χ3v) is 3.78. The Kier molecular flexibility index (Phi) is 3.41. The van der Waals surface area contributed by atoms with E-state index in [-0.39, 0.29) is 0 Å². The molecule has 3 heteroatoms. The Morgan fingerprint density at radius 3 is 2.62 bits per heavy atom. The van der Waals surface area contributed by atoms with Crippen molar-refractivity contribution in [3.05, 3.63) is 28.8 Å². The quantitative estimate of drug-likeness (QED) is 0.871. The van der Waals surface area contributed by atoms with Crippen molar-refractivity contribution in [3.8, 4) is 5.75 Å². The summed E-state index contributed by atoms with van der Waals surface area (Å²) in [5.41, 5.74) is 1.18. The zero-order chi connectivity index (χ0) is 11.7. The molecule has 0 bridgehead atoms. The van der Waals surface area contributed by atoms with Crippen LogP contribution in [0.25, 0.3) is 0 Å². The summed E-state index contributed by atoms with van der Waals surface area (Å²) in [6.07, 6.45) is 1.29. The van der Waals surface area contributed by atoms with Crippen LogP contribution in [-0.2, 0) is 0 Å². The van der Waals surface area contributed by atoms with E-state index in [1.807, 2.05) is 19.2 Å². The van der Waals surface area contributed by atoms with Gasteiger partial charge in [0.25, 0.3) is 0 Å². The van der Waals surface area contributed by atoms with Crippen LogP contribution in [0.2, 0.25) is 5.02 Å². The van der Waals surface area contributed by atoms with Gasteiger partial charge in [-0.3, -0.25) is 0 Å². The highest BCUT2D eigenvalue weighted by molar-refractivity contribution is 6.31. The number of halogens is 1. The molecular weight excluding hydrogens is 222 g/mol. The summed E-state index contributed by atoms with van der Waals surface area (Å²) in [4.78, 5) is 0. The van der Waals surface area contributed by atoms with Crippen LogP contribution in [0.4, 0.5) is 0 Å². The number of nitrogens with one attached hydrogen (secondary N) is 1. The number of ether oxygens (including phenoxy) is 1. The molecule has 0 heterocycles. The average molecular weight is 240 g/mol. The molecule has 3 unspecified atom stereocenters. The summed E-state index contributed by atoms with van der Waals surface area (Å²) >= 11 is 6.28. The Morgan fingerprint density at radius 1 is 1.50 bits per heavy atom. The molecule has 0 aliphatic heterocycles. The van der Waals surface area contributed by atoms with Gasteiger partial charge in [-0.2, -0.15) is 0 Å². The fourth-order valence-electron chi connectivity index (χ4n) is 2.30. The summed E-state index contributed by atoms with van der Waals surface area (Å²) in [5.74, 6) is 2.33. The number of hydrogen-bond donors (Lipinski definition) is 1. The lowest BCUT2D eigenvalue weighted by molar-refractivity contribution is 0.414. The first-order valence-corrected chi connectivity index (χ1v) is 6.06. The van der Waals surface area contributed by atoms with Crippen molar-refractivity contribution < 1.29 is 4.74 Å². The minimum absolute atomic E-state index is 0.369. The number of benzene rings is 1. The van der Waals surface area contributed by atoms with E-state index in [2.05, 4.69) is 18.3 Å². The first kappa shape index (κ1) is 11.7. The highest BCUT2D eigenvalue weighted by Gasteiger charge is 2.40. The highest BCUT2D eigenvalue weighted by atomic mass is 35.5. The van der Waals surface area contributed by atoms with Crippen molar-refractivity contribution in [2.75, 3.05) is 14.2 Å². The zero-order valence-electron chi connectivity index (χ0n) is 9.96. The van der Waals surface area contributed by atoms with Gasteiger partial charge >= 0.3 is 0 Å². The predicted octanol–water partition coefficient (Wildman–Crippen LogP) is 3.27. The SMILES string of the molecule is CNC(c1ccc(OC)cc1Cl)C1CC1C. The summed E-state index contributed by atoms with van der Waals surface area (Å²) < 4.78 is 5.16. The van der Waals surface area contributed by atoms with E-state index in [0.717, 1.165) is 22.6 Å². The van der Waals surface area contributed by atoms with E-state index in [9.17, 15) is 0 Å². The van der Waals surface area contributed by atoms with Crippen molar-refractivity contribution >= 4 is 11.6 Å². The minimum Gasteiger partial charge on any atom is -0.497 e. The monoisotopic (exact) mass is 239 g/mol. The van der Waals surface area contributed by atoms with Crippen molar-refractivity contribution in [1.82, 2.24) is 5.32 Å². The van der Waals surface area contributed by atoms with Crippen LogP contribution in [0.15, 0.2) is 18.2 Å². The van der Waals surface area contributed by atoms with Gasteiger partial charge in [0.05, 0.1) is 7.11 Å². The first-order valence-electron chi connectivity index (χ1n) is 5.68. The summed E-state index contributed by atoms with van der Waals surface area (Å²) in [6, 6.07) is 6.29. The van der Waals surface area contributed by atoms with Crippen molar-refractivity contribution in [2.45, 2.75) is 19.4 Å². The number of hydrogen-bond acceptors (Lipinski definition) is 2. The lowest BCUT2D eigenvalue weighted by Crippen LogP contribution is -2.19. The van der Waals surface area contributed by atoms with Crippen molar-refractivity contribution in [3.63, 3.8) is 0 Å². The van der Waals surface area contributed by atoms with Crippen LogP contribution >= 0.6 is 11.6 Å². The van der Waals surface area contributed by atoms with Gasteiger partial charge in [-0.15, -0.1) is 0 Å². The Bertz CT molecular complexity index is 380. The van der Waals surface area contributed by atoms with E-state index in [4.69, 9.17) is 16.3 Å². The molecule has 3 atom stereocenters. The molecule has 16 heavy (non-hydrogen) atoms. The van der Waals surface area contributed by atoms with E-state index in [0.29, 0.717) is 6.04 Å². The van der Waals surface area contributed by atoms with Crippen LogP contribution in [0.3, 0.4) is 0 Å². The molecule has 2 nitrogen and oxygen atoms in total. The van der Waals surface area contributed by atoms with Crippen LogP contribution in [0.1, 0.15) is 24.9 Å². The predicted molar refractivity (Wildman–Crippen MR) is 67.1 cm³/mol. The number of methoxy groups -OCH3 is 1. The van der Waals surface area contributed by atoms with Crippen molar-refractivity contribution in [1.29, 1.82) is 0 Å². The topological polar surface area (TPSA) is 21.3 Å². The lowest BCUT2D eigenvalue weighted by Gasteiger charge is -2.18. The van der Waals surface area contributed by atoms with E-state index >= 15 is 0 Å². The van der Waals surface area contributed by atoms with Crippen LogP contribution in [-0.4, -0.2) is 14.2 Å². The van der Waals surface area contributed by atoms with Gasteiger partial charge in [-0.25, -0.2) is 0 Å². The third kappa shape index (κ3) is 2.18. The molecule has 2 rings (SSSR count). The second kappa shape index (κ2) is 4.64. The molecule has 0 spiro atoms. The molecule has 1 N–H and O–H groups in total. The molecule has 1 aromatic carbocycles. The molecule has 1 aliphatic rings. The Labute approximate surface area is 102 Å². The lowest BCUT2D eigenvalue weighted by atomic mass is 10.0. The molecule has 0 radical (unpaired) electrons. The molecule has 1 saturated carbocycles. The second-order valence-electron chi connectivity index (χ2n) is 4.53. The normalized spacial score (nSPS) is 25.2. The van der Waals surface area contributed by atoms with Crippen LogP contribution in [0.5, 0.6) is 5.75 Å². The van der Waals surface area contributed by atoms with Gasteiger partial charge in [0.15, 0.2) is 0 Å². The zero-order valence-corrected chi connectivity index (χ0v) is 10.7. The molecule has 1 aliphatic carbocycles. The minimum atomic E-state index is 0.369. The molecule has 88 valence electrons. The second-order valence-corrected chi connectivity index (χ2v) is 4.94. The highest BCUT2D eigenvalue weighted by Crippen LogP contribution is 2.48. The Morgan fingerprint density at radius 2 is 2.19 bits per heavy atom. The summed E-state index contributed by atoms with van der Waals surface area (Å²) in [5, 5.41) is 4.15. The largest absolute Gasteiger partial charge is 0.497 e. The van der Waals surface area contributed by atoms with E-state index in [1.165, 1.54) is 12.0 Å². The number of rotatable bonds is 4. The van der Waals surface area contributed by atoms with Gasteiger partial charge in [-0.1, -0.05) is 24.6 Å². The maximum absolute atomic E-state index is 6.28. The maximum Gasteiger partial charge on any atom is 0.120 e. The molecule has 1 aromatic rings. The Balaban J connectivity index is 2.24. The molecule has 0 amide bonds. The van der Waals surface area contributed by atoms with Gasteiger partial charge in [0.1, 0.15) is 5.75 Å². The summed E-state index contributed by atoms with van der Waals surface area (Å²) in [7, 11) is 3.65. The van der Waals surface area contributed by atoms with Crippen molar-refractivity contribution in [2.24, 2.45) is 11.8 Å². The van der Waals surface area contributed by atoms with E-state index < -0.39 is 0 Å². The summed E-state index contributed by atoms with van der Waals surface area (Å²) in [6.45, 7) is 2.28. The van der Waals surface area contributed by atoms with Crippen LogP contribution < -0.4 is 10.1 Å². The average Bonchev–Trinajstić information content (AvgIpc) is 2.99.